The van der Waals surface area contributed by atoms with E-state index in [2.05, 4.69) is 11.4 Å². The summed E-state index contributed by atoms with van der Waals surface area (Å²) >= 11 is 0. The third-order valence-corrected chi connectivity index (χ3v) is 5.31. The van der Waals surface area contributed by atoms with Crippen molar-refractivity contribution < 1.29 is 9.90 Å². The minimum absolute atomic E-state index is 0.0335. The van der Waals surface area contributed by atoms with E-state index in [1.165, 1.54) is 5.56 Å². The summed E-state index contributed by atoms with van der Waals surface area (Å²) in [6.07, 6.45) is 0.245. The Morgan fingerprint density at radius 1 is 1.15 bits per heavy atom. The van der Waals surface area contributed by atoms with E-state index in [1.807, 2.05) is 61.0 Å². The van der Waals surface area contributed by atoms with Gasteiger partial charge in [0.25, 0.3) is 5.91 Å². The Bertz CT molecular complexity index is 975. The van der Waals surface area contributed by atoms with E-state index in [0.717, 1.165) is 40.8 Å². The van der Waals surface area contributed by atoms with Crippen LogP contribution in [0.2, 0.25) is 0 Å². The fourth-order valence-corrected chi connectivity index (χ4v) is 3.81. The van der Waals surface area contributed by atoms with Crippen LogP contribution in [0, 0.1) is 6.92 Å². The lowest BCUT2D eigenvalue weighted by Gasteiger charge is -2.25. The third kappa shape index (κ3) is 3.30. The number of hydrogen-bond donors (Lipinski definition) is 2. The van der Waals surface area contributed by atoms with Gasteiger partial charge in [-0.25, -0.2) is 0 Å². The second kappa shape index (κ2) is 7.08. The molecule has 3 aromatic rings. The molecule has 4 rings (SSSR count). The average molecular weight is 363 g/mol. The molecule has 1 aromatic heterocycles. The number of hydrogen-bond acceptors (Lipinski definition) is 3. The van der Waals surface area contributed by atoms with Crippen LogP contribution in [0.15, 0.2) is 48.5 Å². The van der Waals surface area contributed by atoms with Gasteiger partial charge in [-0.2, -0.15) is 0 Å². The normalized spacial score (nSPS) is 15.1. The molecule has 1 aliphatic heterocycles. The molecule has 0 saturated heterocycles. The van der Waals surface area contributed by atoms with E-state index in [1.54, 1.807) is 4.90 Å². The number of nitrogens with zero attached hydrogens (tertiary/aromatic N) is 2. The zero-order valence-corrected chi connectivity index (χ0v) is 15.8. The maximum Gasteiger partial charge on any atom is 0.270 e. The van der Waals surface area contributed by atoms with Gasteiger partial charge in [0.15, 0.2) is 0 Å². The summed E-state index contributed by atoms with van der Waals surface area (Å²) in [7, 11) is 1.84. The van der Waals surface area contributed by atoms with Crippen molar-refractivity contribution in [1.82, 2.24) is 9.47 Å². The van der Waals surface area contributed by atoms with Crippen LogP contribution in [0.1, 0.15) is 21.6 Å². The summed E-state index contributed by atoms with van der Waals surface area (Å²) in [6.45, 7) is 3.59. The number of aryl methyl sites for hydroxylation is 1. The molecule has 0 radical (unpaired) electrons. The smallest absolute Gasteiger partial charge is 0.270 e. The number of nitrogens with one attached hydrogen (secondary N) is 1. The molecule has 1 aliphatic rings. The van der Waals surface area contributed by atoms with Crippen LogP contribution in [-0.2, 0) is 13.0 Å². The Labute approximate surface area is 159 Å². The molecule has 5 heteroatoms. The molecule has 1 atom stereocenters. The van der Waals surface area contributed by atoms with Crippen molar-refractivity contribution in [3.8, 4) is 0 Å². The van der Waals surface area contributed by atoms with Crippen molar-refractivity contribution in [3.63, 3.8) is 0 Å². The van der Waals surface area contributed by atoms with E-state index in [9.17, 15) is 9.90 Å². The lowest BCUT2D eigenvalue weighted by molar-refractivity contribution is 0.0765. The Balaban J connectivity index is 1.59. The summed E-state index contributed by atoms with van der Waals surface area (Å²) in [6, 6.07) is 16.2. The number of benzene rings is 2. The first-order chi connectivity index (χ1) is 13.0. The number of aliphatic hydroxyl groups excluding tert-OH is 1. The first-order valence-corrected chi connectivity index (χ1v) is 9.39. The highest BCUT2D eigenvalue weighted by Crippen LogP contribution is 2.30. The van der Waals surface area contributed by atoms with Crippen molar-refractivity contribution in [1.29, 1.82) is 0 Å². The van der Waals surface area contributed by atoms with Crippen molar-refractivity contribution in [2.24, 2.45) is 0 Å². The Kier molecular flexibility index (Phi) is 4.62. The third-order valence-electron chi connectivity index (χ3n) is 5.31. The molecule has 0 spiro atoms. The number of aliphatic hydroxyl groups is 1. The van der Waals surface area contributed by atoms with Gasteiger partial charge in [0.05, 0.1) is 12.6 Å². The fraction of sp³-hybridized carbons (Fsp3) is 0.318. The second-order valence-corrected chi connectivity index (χ2v) is 7.33. The van der Waals surface area contributed by atoms with Gasteiger partial charge in [-0.05, 0) is 37.1 Å². The molecule has 2 heterocycles. The molecule has 0 unspecified atom stereocenters. The molecule has 5 nitrogen and oxygen atoms in total. The summed E-state index contributed by atoms with van der Waals surface area (Å²) < 4.78 is 1.99. The van der Waals surface area contributed by atoms with E-state index in [4.69, 9.17) is 0 Å². The molecular weight excluding hydrogens is 338 g/mol. The van der Waals surface area contributed by atoms with Gasteiger partial charge in [-0.1, -0.05) is 35.9 Å². The monoisotopic (exact) mass is 363 g/mol. The maximum atomic E-state index is 12.8. The number of aromatic nitrogens is 1. The van der Waals surface area contributed by atoms with Crippen LogP contribution in [0.4, 0.5) is 5.69 Å². The van der Waals surface area contributed by atoms with Crippen LogP contribution in [0.5, 0.6) is 0 Å². The fourth-order valence-electron chi connectivity index (χ4n) is 3.81. The number of amides is 1. The first kappa shape index (κ1) is 17.6. The maximum absolute atomic E-state index is 12.8. The standard InChI is InChI=1S/C22H25N3O2/c1-15-7-9-16(10-8-15)23-13-17(26)14-25-20-6-4-3-5-18(20)19-11-12-24(2)22(27)21(19)25/h3-10,17,23,26H,11-14H2,1-2H3/t17-/m0/s1. The van der Waals surface area contributed by atoms with Crippen LogP contribution in [-0.4, -0.2) is 46.7 Å². The summed E-state index contributed by atoms with van der Waals surface area (Å²) in [4.78, 5) is 14.6. The summed E-state index contributed by atoms with van der Waals surface area (Å²) in [5.41, 5.74) is 5.02. The summed E-state index contributed by atoms with van der Waals surface area (Å²) in [5.74, 6) is 0.0335. The van der Waals surface area contributed by atoms with Gasteiger partial charge < -0.3 is 19.9 Å². The van der Waals surface area contributed by atoms with E-state index < -0.39 is 6.10 Å². The number of fused-ring (bicyclic) bond motifs is 3. The van der Waals surface area contributed by atoms with Gasteiger partial charge in [0.1, 0.15) is 5.69 Å². The molecule has 0 fully saturated rings. The van der Waals surface area contributed by atoms with Gasteiger partial charge in [0, 0.05) is 36.7 Å². The molecule has 140 valence electrons. The van der Waals surface area contributed by atoms with E-state index in [-0.39, 0.29) is 5.91 Å². The molecule has 27 heavy (non-hydrogen) atoms. The highest BCUT2D eigenvalue weighted by Gasteiger charge is 2.29. The van der Waals surface area contributed by atoms with Crippen LogP contribution in [0.25, 0.3) is 10.9 Å². The zero-order chi connectivity index (χ0) is 19.0. The quantitative estimate of drug-likeness (QED) is 0.733. The lowest BCUT2D eigenvalue weighted by atomic mass is 10.0. The minimum atomic E-state index is -0.605. The minimum Gasteiger partial charge on any atom is -0.389 e. The molecule has 0 saturated carbocycles. The largest absolute Gasteiger partial charge is 0.389 e. The van der Waals surface area contributed by atoms with Gasteiger partial charge >= 0.3 is 0 Å². The van der Waals surface area contributed by atoms with Gasteiger partial charge in [0.2, 0.25) is 0 Å². The first-order valence-electron chi connectivity index (χ1n) is 9.39. The molecule has 2 N–H and O–H groups in total. The topological polar surface area (TPSA) is 57.5 Å². The molecule has 0 aliphatic carbocycles. The van der Waals surface area contributed by atoms with Crippen LogP contribution >= 0.6 is 0 Å². The van der Waals surface area contributed by atoms with Crippen molar-refractivity contribution in [2.45, 2.75) is 26.0 Å². The Morgan fingerprint density at radius 2 is 1.89 bits per heavy atom. The number of para-hydroxylation sites is 1. The van der Waals surface area contributed by atoms with Crippen molar-refractivity contribution in [2.75, 3.05) is 25.5 Å². The van der Waals surface area contributed by atoms with E-state index in [0.29, 0.717) is 13.1 Å². The predicted octanol–water partition coefficient (Wildman–Crippen LogP) is 3.05. The summed E-state index contributed by atoms with van der Waals surface area (Å²) in [5, 5.41) is 15.0. The zero-order valence-electron chi connectivity index (χ0n) is 15.8. The van der Waals surface area contributed by atoms with Crippen molar-refractivity contribution >= 4 is 22.5 Å². The molecule has 2 aromatic carbocycles. The number of carbonyl (C=O) groups excluding carboxylic acids is 1. The van der Waals surface area contributed by atoms with E-state index >= 15 is 0 Å². The number of anilines is 1. The SMILES string of the molecule is Cc1ccc(NC[C@H](O)Cn2c3c(c4ccccc42)CCN(C)C3=O)cc1. The highest BCUT2D eigenvalue weighted by atomic mass is 16.3. The average Bonchev–Trinajstić information content (AvgIpc) is 2.99. The Morgan fingerprint density at radius 3 is 2.67 bits per heavy atom. The number of carbonyl (C=O) groups is 1. The van der Waals surface area contributed by atoms with Gasteiger partial charge in [-0.15, -0.1) is 0 Å². The van der Waals surface area contributed by atoms with Crippen molar-refractivity contribution in [3.05, 3.63) is 65.4 Å². The highest BCUT2D eigenvalue weighted by molar-refractivity contribution is 6.02. The second-order valence-electron chi connectivity index (χ2n) is 7.33. The lowest BCUT2D eigenvalue weighted by Crippen LogP contribution is -2.36. The molecule has 0 bridgehead atoms. The van der Waals surface area contributed by atoms with Crippen LogP contribution in [0.3, 0.4) is 0 Å². The van der Waals surface area contributed by atoms with Crippen LogP contribution < -0.4 is 5.32 Å². The number of rotatable bonds is 5. The number of likely N-dealkylation sites (N-methyl/N-ethyl adjacent to an activating group) is 1. The molecule has 1 amide bonds. The Hall–Kier alpha value is -2.79. The predicted molar refractivity (Wildman–Crippen MR) is 108 cm³/mol. The van der Waals surface area contributed by atoms with Gasteiger partial charge in [-0.3, -0.25) is 4.79 Å². The molecular formula is C22H25N3O2.